The molecule has 0 saturated carbocycles. The summed E-state index contributed by atoms with van der Waals surface area (Å²) in [6.07, 6.45) is 1.69. The van der Waals surface area contributed by atoms with Gasteiger partial charge < -0.3 is 9.84 Å². The number of anilines is 1. The van der Waals surface area contributed by atoms with E-state index in [2.05, 4.69) is 15.5 Å². The summed E-state index contributed by atoms with van der Waals surface area (Å²) in [6.45, 7) is 0. The van der Waals surface area contributed by atoms with Crippen LogP contribution in [0.2, 0.25) is 0 Å². The van der Waals surface area contributed by atoms with Gasteiger partial charge in [-0.2, -0.15) is 5.10 Å². The van der Waals surface area contributed by atoms with Crippen molar-refractivity contribution in [3.63, 3.8) is 0 Å². The summed E-state index contributed by atoms with van der Waals surface area (Å²) in [7, 11) is 1.59. The monoisotopic (exact) mass is 334 g/mol. The number of hydrogen-bond acceptors (Lipinski definition) is 4. The zero-order chi connectivity index (χ0) is 17.4. The number of fused-ring (bicyclic) bond motifs is 1. The molecule has 4 aromatic rings. The SMILES string of the molecule is Cn1oc(=O)c(C(=O)Nc2ccc3cn[nH]c3c2)c1-c1ccccc1. The van der Waals surface area contributed by atoms with Gasteiger partial charge in [-0.05, 0) is 18.2 Å². The van der Waals surface area contributed by atoms with Crippen LogP contribution >= 0.6 is 0 Å². The first-order valence-electron chi connectivity index (χ1n) is 7.63. The number of nitrogens with zero attached hydrogens (tertiary/aromatic N) is 2. The van der Waals surface area contributed by atoms with Crippen molar-refractivity contribution in [2.24, 2.45) is 7.05 Å². The van der Waals surface area contributed by atoms with Gasteiger partial charge in [0.2, 0.25) is 0 Å². The number of H-pyrrole nitrogens is 1. The topological polar surface area (TPSA) is 92.9 Å². The van der Waals surface area contributed by atoms with E-state index in [1.165, 1.54) is 4.74 Å². The van der Waals surface area contributed by atoms with E-state index in [0.717, 1.165) is 16.5 Å². The fourth-order valence-corrected chi connectivity index (χ4v) is 2.80. The van der Waals surface area contributed by atoms with Gasteiger partial charge in [-0.25, -0.2) is 9.53 Å². The summed E-state index contributed by atoms with van der Waals surface area (Å²) >= 11 is 0. The van der Waals surface area contributed by atoms with Crippen LogP contribution in [0.15, 0.2) is 64.0 Å². The molecule has 0 spiro atoms. The Kier molecular flexibility index (Phi) is 3.46. The van der Waals surface area contributed by atoms with Crippen LogP contribution in [0, 0.1) is 0 Å². The summed E-state index contributed by atoms with van der Waals surface area (Å²) in [5, 5.41) is 10.5. The van der Waals surface area contributed by atoms with Gasteiger partial charge in [0.25, 0.3) is 5.91 Å². The Bertz CT molecular complexity index is 1120. The number of rotatable bonds is 3. The molecule has 2 aromatic heterocycles. The number of amides is 1. The highest BCUT2D eigenvalue weighted by molar-refractivity contribution is 6.08. The molecule has 0 aliphatic carbocycles. The molecule has 0 unspecified atom stereocenters. The summed E-state index contributed by atoms with van der Waals surface area (Å²) in [6, 6.07) is 14.5. The standard InChI is InChI=1S/C18H14N4O3/c1-22-16(11-5-3-2-4-6-11)15(18(24)25-22)17(23)20-13-8-7-12-10-19-21-14(12)9-13/h2-10H,1H3,(H,19,21)(H,20,23). The Morgan fingerprint density at radius 3 is 2.80 bits per heavy atom. The molecule has 2 heterocycles. The molecule has 124 valence electrons. The van der Waals surface area contributed by atoms with E-state index in [1.807, 2.05) is 36.4 Å². The Balaban J connectivity index is 1.74. The second-order valence-electron chi connectivity index (χ2n) is 5.59. The Hall–Kier alpha value is -3.61. The van der Waals surface area contributed by atoms with Crippen molar-refractivity contribution in [1.82, 2.24) is 14.9 Å². The van der Waals surface area contributed by atoms with Crippen molar-refractivity contribution >= 4 is 22.5 Å². The van der Waals surface area contributed by atoms with Gasteiger partial charge in [0, 0.05) is 23.7 Å². The molecule has 4 rings (SSSR count). The third kappa shape index (κ3) is 2.61. The number of nitrogens with one attached hydrogen (secondary N) is 2. The Morgan fingerprint density at radius 2 is 2.00 bits per heavy atom. The molecule has 0 fully saturated rings. The predicted molar refractivity (Wildman–Crippen MR) is 93.4 cm³/mol. The van der Waals surface area contributed by atoms with E-state index in [4.69, 9.17) is 4.52 Å². The third-order valence-electron chi connectivity index (χ3n) is 3.95. The molecular weight excluding hydrogens is 320 g/mol. The lowest BCUT2D eigenvalue weighted by molar-refractivity contribution is 0.102. The van der Waals surface area contributed by atoms with Crippen LogP contribution in [0.5, 0.6) is 0 Å². The molecule has 2 N–H and O–H groups in total. The molecule has 0 aliphatic heterocycles. The lowest BCUT2D eigenvalue weighted by Gasteiger charge is -2.06. The van der Waals surface area contributed by atoms with Crippen LogP contribution in [0.3, 0.4) is 0 Å². The van der Waals surface area contributed by atoms with Gasteiger partial charge in [-0.1, -0.05) is 30.3 Å². The van der Waals surface area contributed by atoms with Crippen LogP contribution in [-0.2, 0) is 7.05 Å². The summed E-state index contributed by atoms with van der Waals surface area (Å²) < 4.78 is 6.41. The molecule has 25 heavy (non-hydrogen) atoms. The molecule has 1 amide bonds. The van der Waals surface area contributed by atoms with Crippen molar-refractivity contribution in [1.29, 1.82) is 0 Å². The maximum Gasteiger partial charge on any atom is 0.370 e. The summed E-state index contributed by atoms with van der Waals surface area (Å²) in [5.41, 5.74) is 1.81. The third-order valence-corrected chi connectivity index (χ3v) is 3.95. The lowest BCUT2D eigenvalue weighted by Crippen LogP contribution is -2.19. The zero-order valence-electron chi connectivity index (χ0n) is 13.3. The average Bonchev–Trinajstić information content (AvgIpc) is 3.18. The lowest BCUT2D eigenvalue weighted by atomic mass is 10.1. The molecule has 2 aromatic carbocycles. The van der Waals surface area contributed by atoms with Crippen LogP contribution in [0.25, 0.3) is 22.2 Å². The fraction of sp³-hybridized carbons (Fsp3) is 0.0556. The zero-order valence-corrected chi connectivity index (χ0v) is 13.3. The number of benzene rings is 2. The first kappa shape index (κ1) is 14.9. The number of carbonyl (C=O) groups excluding carboxylic acids is 1. The Labute approximate surface area is 141 Å². The molecule has 0 aliphatic rings. The average molecular weight is 334 g/mol. The van der Waals surface area contributed by atoms with Crippen molar-refractivity contribution < 1.29 is 9.32 Å². The van der Waals surface area contributed by atoms with Gasteiger partial charge in [-0.3, -0.25) is 9.89 Å². The second kappa shape index (κ2) is 5.79. The maximum atomic E-state index is 12.7. The van der Waals surface area contributed by atoms with Crippen LogP contribution in [0.4, 0.5) is 5.69 Å². The number of carbonyl (C=O) groups is 1. The van der Waals surface area contributed by atoms with Crippen LogP contribution < -0.4 is 10.9 Å². The molecule has 7 heteroatoms. The van der Waals surface area contributed by atoms with Gasteiger partial charge in [0.15, 0.2) is 5.56 Å². The van der Waals surface area contributed by atoms with Crippen molar-refractivity contribution in [3.05, 3.63) is 70.7 Å². The van der Waals surface area contributed by atoms with Gasteiger partial charge >= 0.3 is 5.63 Å². The second-order valence-corrected chi connectivity index (χ2v) is 5.59. The smallest absolute Gasteiger partial charge is 0.335 e. The minimum atomic E-state index is -0.679. The highest BCUT2D eigenvalue weighted by atomic mass is 16.5. The van der Waals surface area contributed by atoms with Crippen molar-refractivity contribution in [3.8, 4) is 11.3 Å². The highest BCUT2D eigenvalue weighted by Crippen LogP contribution is 2.23. The predicted octanol–water partition coefficient (Wildman–Crippen LogP) is 2.77. The minimum absolute atomic E-state index is 0.0293. The number of aryl methyl sites for hydroxylation is 1. The largest absolute Gasteiger partial charge is 0.370 e. The van der Waals surface area contributed by atoms with Gasteiger partial charge in [0.1, 0.15) is 5.69 Å². The normalized spacial score (nSPS) is 10.9. The van der Waals surface area contributed by atoms with E-state index in [1.54, 1.807) is 25.4 Å². The van der Waals surface area contributed by atoms with E-state index in [-0.39, 0.29) is 5.56 Å². The molecular formula is C18H14N4O3. The molecule has 0 atom stereocenters. The minimum Gasteiger partial charge on any atom is -0.335 e. The van der Waals surface area contributed by atoms with E-state index < -0.39 is 11.5 Å². The maximum absolute atomic E-state index is 12.7. The van der Waals surface area contributed by atoms with Crippen LogP contribution in [-0.4, -0.2) is 20.8 Å². The van der Waals surface area contributed by atoms with E-state index >= 15 is 0 Å². The van der Waals surface area contributed by atoms with E-state index in [9.17, 15) is 9.59 Å². The molecule has 0 bridgehead atoms. The van der Waals surface area contributed by atoms with Gasteiger partial charge in [-0.15, -0.1) is 0 Å². The molecule has 0 radical (unpaired) electrons. The number of aromatic amines is 1. The van der Waals surface area contributed by atoms with Crippen molar-refractivity contribution in [2.45, 2.75) is 0 Å². The Morgan fingerprint density at radius 1 is 1.20 bits per heavy atom. The summed E-state index contributed by atoms with van der Waals surface area (Å²) in [4.78, 5) is 24.9. The molecule has 0 saturated heterocycles. The first-order valence-corrected chi connectivity index (χ1v) is 7.63. The number of aromatic nitrogens is 3. The van der Waals surface area contributed by atoms with Gasteiger partial charge in [0.05, 0.1) is 11.7 Å². The highest BCUT2D eigenvalue weighted by Gasteiger charge is 2.23. The quantitative estimate of drug-likeness (QED) is 0.602. The van der Waals surface area contributed by atoms with Crippen LogP contribution in [0.1, 0.15) is 10.4 Å². The number of hydrogen-bond donors (Lipinski definition) is 2. The van der Waals surface area contributed by atoms with Crippen molar-refractivity contribution in [2.75, 3.05) is 5.32 Å². The summed E-state index contributed by atoms with van der Waals surface area (Å²) in [5.74, 6) is -0.521. The first-order chi connectivity index (χ1) is 12.1. The van der Waals surface area contributed by atoms with E-state index in [0.29, 0.717) is 11.4 Å². The fourth-order valence-electron chi connectivity index (χ4n) is 2.80. The molecule has 7 nitrogen and oxygen atoms in total.